The van der Waals surface area contributed by atoms with Crippen LogP contribution < -0.4 is 0 Å². The topological polar surface area (TPSA) is 86.6 Å². The van der Waals surface area contributed by atoms with E-state index in [1.807, 2.05) is 0 Å². The van der Waals surface area contributed by atoms with Crippen LogP contribution >= 0.6 is 0 Å². The van der Waals surface area contributed by atoms with Crippen LogP contribution in [-0.2, 0) is 23.8 Å². The maximum Gasteiger partial charge on any atom is 0.191 e. The van der Waals surface area contributed by atoms with E-state index in [1.54, 1.807) is 0 Å². The molecule has 0 radical (unpaired) electrons. The third-order valence-corrected chi connectivity index (χ3v) is 2.42. The third-order valence-electron chi connectivity index (χ3n) is 2.42. The molecule has 0 aliphatic rings. The van der Waals surface area contributed by atoms with Crippen LogP contribution in [0.3, 0.4) is 0 Å². The normalized spacial score (nSPS) is 12.8. The molecule has 122 valence electrons. The lowest BCUT2D eigenvalue weighted by atomic mass is 10.2. The van der Waals surface area contributed by atoms with E-state index in [0.717, 1.165) is 12.8 Å². The molecule has 0 saturated carbocycles. The number of hydrogen-bond donors (Lipinski definition) is 2. The van der Waals surface area contributed by atoms with E-state index in [4.69, 9.17) is 29.3 Å². The van der Waals surface area contributed by atoms with Crippen molar-refractivity contribution in [1.82, 2.24) is 0 Å². The van der Waals surface area contributed by atoms with Gasteiger partial charge in [-0.15, -0.1) is 0 Å². The van der Waals surface area contributed by atoms with Gasteiger partial charge in [0.15, 0.2) is 6.29 Å². The van der Waals surface area contributed by atoms with Crippen molar-refractivity contribution in [2.24, 2.45) is 0 Å². The smallest absolute Gasteiger partial charge is 0.191 e. The number of aliphatic hydroxyl groups is 1. The predicted molar refractivity (Wildman–Crippen MR) is 72.5 cm³/mol. The van der Waals surface area contributed by atoms with Gasteiger partial charge in [0.05, 0.1) is 52.9 Å². The first-order valence-electron chi connectivity index (χ1n) is 7.11. The molecule has 0 aromatic carbocycles. The second-order valence-corrected chi connectivity index (χ2v) is 4.11. The molecule has 1 unspecified atom stereocenters. The lowest BCUT2D eigenvalue weighted by molar-refractivity contribution is -0.348. The molecule has 0 amide bonds. The predicted octanol–water partition coefficient (Wildman–Crippen LogP) is 1.05. The molecule has 0 aromatic rings. The number of aliphatic hydroxyl groups excluding tert-OH is 1. The van der Waals surface area contributed by atoms with Gasteiger partial charge in [0.1, 0.15) is 0 Å². The molecular formula is C13H28O7. The Morgan fingerprint density at radius 3 is 1.90 bits per heavy atom. The first-order chi connectivity index (χ1) is 9.85. The SMILES string of the molecule is CCCCC(OO)OCCOCCOCCOCCO. The van der Waals surface area contributed by atoms with Gasteiger partial charge in [-0.05, 0) is 6.42 Å². The van der Waals surface area contributed by atoms with Gasteiger partial charge in [0.25, 0.3) is 0 Å². The third kappa shape index (κ3) is 14.1. The second kappa shape index (κ2) is 16.8. The van der Waals surface area contributed by atoms with E-state index in [9.17, 15) is 0 Å². The molecule has 2 N–H and O–H groups in total. The molecule has 0 spiro atoms. The summed E-state index contributed by atoms with van der Waals surface area (Å²) in [5.74, 6) is 0. The van der Waals surface area contributed by atoms with Gasteiger partial charge >= 0.3 is 0 Å². The highest BCUT2D eigenvalue weighted by Crippen LogP contribution is 2.04. The van der Waals surface area contributed by atoms with E-state index in [1.165, 1.54) is 0 Å². The van der Waals surface area contributed by atoms with Gasteiger partial charge in [-0.2, -0.15) is 0 Å². The van der Waals surface area contributed by atoms with Crippen molar-refractivity contribution >= 4 is 0 Å². The number of hydrogen-bond acceptors (Lipinski definition) is 7. The molecule has 0 bridgehead atoms. The molecule has 0 aliphatic carbocycles. The lowest BCUT2D eigenvalue weighted by Gasteiger charge is -2.14. The first-order valence-corrected chi connectivity index (χ1v) is 7.11. The van der Waals surface area contributed by atoms with Gasteiger partial charge in [-0.1, -0.05) is 13.3 Å². The number of unbranched alkanes of at least 4 members (excludes halogenated alkanes) is 1. The van der Waals surface area contributed by atoms with E-state index in [2.05, 4.69) is 11.8 Å². The van der Waals surface area contributed by atoms with Crippen molar-refractivity contribution in [3.63, 3.8) is 0 Å². The molecule has 0 fully saturated rings. The summed E-state index contributed by atoms with van der Waals surface area (Å²) in [6.45, 7) is 5.13. The van der Waals surface area contributed by atoms with Crippen molar-refractivity contribution in [2.75, 3.05) is 52.9 Å². The number of rotatable bonds is 16. The van der Waals surface area contributed by atoms with Gasteiger partial charge in [-0.25, -0.2) is 10.1 Å². The Balaban J connectivity index is 3.15. The highest BCUT2D eigenvalue weighted by molar-refractivity contribution is 4.44. The monoisotopic (exact) mass is 296 g/mol. The lowest BCUT2D eigenvalue weighted by Crippen LogP contribution is -2.19. The Hall–Kier alpha value is -0.280. The molecule has 1 atom stereocenters. The van der Waals surface area contributed by atoms with Gasteiger partial charge in [-0.3, -0.25) is 0 Å². The van der Waals surface area contributed by atoms with E-state index < -0.39 is 6.29 Å². The van der Waals surface area contributed by atoms with Crippen molar-refractivity contribution in [1.29, 1.82) is 0 Å². The summed E-state index contributed by atoms with van der Waals surface area (Å²) in [4.78, 5) is 4.21. The van der Waals surface area contributed by atoms with Crippen LogP contribution in [0.2, 0.25) is 0 Å². The van der Waals surface area contributed by atoms with Crippen LogP contribution in [0.1, 0.15) is 26.2 Å². The maximum atomic E-state index is 8.60. The highest BCUT2D eigenvalue weighted by Gasteiger charge is 2.07. The van der Waals surface area contributed by atoms with Crippen LogP contribution in [0, 0.1) is 0 Å². The van der Waals surface area contributed by atoms with E-state index in [-0.39, 0.29) is 6.61 Å². The summed E-state index contributed by atoms with van der Waals surface area (Å²) in [5, 5.41) is 17.1. The van der Waals surface area contributed by atoms with Crippen molar-refractivity contribution in [3.05, 3.63) is 0 Å². The van der Waals surface area contributed by atoms with Crippen LogP contribution in [0.15, 0.2) is 0 Å². The van der Waals surface area contributed by atoms with Crippen LogP contribution in [0.5, 0.6) is 0 Å². The van der Waals surface area contributed by atoms with E-state index in [0.29, 0.717) is 52.7 Å². The summed E-state index contributed by atoms with van der Waals surface area (Å²) in [6.07, 6.45) is 2.07. The summed E-state index contributed by atoms with van der Waals surface area (Å²) in [6, 6.07) is 0. The summed E-state index contributed by atoms with van der Waals surface area (Å²) in [7, 11) is 0. The Bertz CT molecular complexity index is 180. The van der Waals surface area contributed by atoms with Crippen molar-refractivity contribution in [2.45, 2.75) is 32.5 Å². The molecule has 0 rings (SSSR count). The molecule has 7 nitrogen and oxygen atoms in total. The summed E-state index contributed by atoms with van der Waals surface area (Å²) in [5.41, 5.74) is 0. The fourth-order valence-corrected chi connectivity index (χ4v) is 1.38. The minimum atomic E-state index is -0.571. The summed E-state index contributed by atoms with van der Waals surface area (Å²) >= 11 is 0. The zero-order valence-corrected chi connectivity index (χ0v) is 12.3. The quantitative estimate of drug-likeness (QED) is 0.190. The highest BCUT2D eigenvalue weighted by atomic mass is 17.1. The molecule has 7 heteroatoms. The summed E-state index contributed by atoms with van der Waals surface area (Å²) < 4.78 is 20.8. The minimum Gasteiger partial charge on any atom is -0.394 e. The Morgan fingerprint density at radius 2 is 1.40 bits per heavy atom. The van der Waals surface area contributed by atoms with E-state index >= 15 is 0 Å². The number of ether oxygens (including phenoxy) is 4. The molecule has 0 aliphatic heterocycles. The Labute approximate surface area is 120 Å². The van der Waals surface area contributed by atoms with Crippen LogP contribution in [-0.4, -0.2) is 69.5 Å². The average molecular weight is 296 g/mol. The van der Waals surface area contributed by atoms with Crippen LogP contribution in [0.4, 0.5) is 0 Å². The standard InChI is InChI=1S/C13H28O7/c1-2-3-4-13(20-15)19-12-11-18-10-9-17-8-7-16-6-5-14/h13-15H,2-12H2,1H3. The van der Waals surface area contributed by atoms with Crippen molar-refractivity contribution < 1.29 is 34.2 Å². The fraction of sp³-hybridized carbons (Fsp3) is 1.00. The maximum absolute atomic E-state index is 8.60. The first kappa shape index (κ1) is 19.7. The average Bonchev–Trinajstić information content (AvgIpc) is 2.48. The van der Waals surface area contributed by atoms with Crippen LogP contribution in [0.25, 0.3) is 0 Å². The second-order valence-electron chi connectivity index (χ2n) is 4.11. The molecule has 20 heavy (non-hydrogen) atoms. The zero-order chi connectivity index (χ0) is 14.9. The molecule has 0 aromatic heterocycles. The van der Waals surface area contributed by atoms with Gasteiger partial charge in [0, 0.05) is 6.42 Å². The molecular weight excluding hydrogens is 268 g/mol. The Morgan fingerprint density at radius 1 is 0.850 bits per heavy atom. The van der Waals surface area contributed by atoms with Gasteiger partial charge in [0.2, 0.25) is 0 Å². The Kier molecular flexibility index (Phi) is 16.5. The van der Waals surface area contributed by atoms with Crippen molar-refractivity contribution in [3.8, 4) is 0 Å². The largest absolute Gasteiger partial charge is 0.394 e. The molecule has 0 heterocycles. The zero-order valence-electron chi connectivity index (χ0n) is 12.3. The molecule has 0 saturated heterocycles. The fourth-order valence-electron chi connectivity index (χ4n) is 1.38. The van der Waals surface area contributed by atoms with Gasteiger partial charge < -0.3 is 24.1 Å². The minimum absolute atomic E-state index is 0.0277.